The summed E-state index contributed by atoms with van der Waals surface area (Å²) < 4.78 is 2.17. The maximum absolute atomic E-state index is 14.2. The number of aromatic nitrogens is 1. The molecule has 5 nitrogen and oxygen atoms in total. The first-order chi connectivity index (χ1) is 18.7. The van der Waals surface area contributed by atoms with Crippen LogP contribution in [0.3, 0.4) is 0 Å². The average molecular weight is 504 g/mol. The number of benzene rings is 3. The number of unbranched alkanes of at least 4 members (excludes halogenated alkanes) is 1. The Balaban J connectivity index is 1.33. The molecule has 1 atom stereocenters. The Hall–Kier alpha value is -4.12. The van der Waals surface area contributed by atoms with E-state index in [4.69, 9.17) is 0 Å². The van der Waals surface area contributed by atoms with Crippen molar-refractivity contribution in [2.75, 3.05) is 11.4 Å². The maximum atomic E-state index is 14.2. The molecule has 2 aliphatic rings. The van der Waals surface area contributed by atoms with Crippen molar-refractivity contribution < 1.29 is 9.59 Å². The molecule has 0 spiro atoms. The summed E-state index contributed by atoms with van der Waals surface area (Å²) >= 11 is 0. The zero-order chi connectivity index (χ0) is 26.1. The highest BCUT2D eigenvalue weighted by molar-refractivity contribution is 6.03. The zero-order valence-electron chi connectivity index (χ0n) is 21.8. The minimum absolute atomic E-state index is 0.0550. The van der Waals surface area contributed by atoms with Crippen molar-refractivity contribution in [2.24, 2.45) is 0 Å². The summed E-state index contributed by atoms with van der Waals surface area (Å²) in [7, 11) is 0. The van der Waals surface area contributed by atoms with E-state index in [1.165, 1.54) is 5.56 Å². The van der Waals surface area contributed by atoms with Crippen molar-refractivity contribution in [3.8, 4) is 5.69 Å². The number of aryl methyl sites for hydroxylation is 1. The van der Waals surface area contributed by atoms with Gasteiger partial charge in [0.05, 0.1) is 17.1 Å². The van der Waals surface area contributed by atoms with E-state index in [0.717, 1.165) is 54.7 Å². The van der Waals surface area contributed by atoms with Crippen molar-refractivity contribution in [1.29, 1.82) is 0 Å². The third-order valence-corrected chi connectivity index (χ3v) is 7.68. The smallest absolute Gasteiger partial charge is 0.254 e. The Morgan fingerprint density at radius 2 is 1.55 bits per heavy atom. The first kappa shape index (κ1) is 24.2. The van der Waals surface area contributed by atoms with Gasteiger partial charge in [0.25, 0.3) is 5.91 Å². The van der Waals surface area contributed by atoms with Crippen LogP contribution in [-0.4, -0.2) is 33.9 Å². The Morgan fingerprint density at radius 3 is 2.26 bits per heavy atom. The van der Waals surface area contributed by atoms with Crippen LogP contribution < -0.4 is 4.90 Å². The van der Waals surface area contributed by atoms with E-state index in [2.05, 4.69) is 48.0 Å². The molecule has 0 saturated heterocycles. The van der Waals surface area contributed by atoms with Gasteiger partial charge in [-0.05, 0) is 73.2 Å². The molecule has 38 heavy (non-hydrogen) atoms. The lowest BCUT2D eigenvalue weighted by molar-refractivity contribution is -0.119. The Morgan fingerprint density at radius 1 is 0.842 bits per heavy atom. The summed E-state index contributed by atoms with van der Waals surface area (Å²) in [6.45, 7) is 2.24. The number of rotatable bonds is 8. The van der Waals surface area contributed by atoms with Gasteiger partial charge in [0.2, 0.25) is 5.91 Å². The number of amides is 2. The Labute approximate surface area is 224 Å². The third kappa shape index (κ3) is 4.53. The van der Waals surface area contributed by atoms with Crippen LogP contribution >= 0.6 is 0 Å². The second-order valence-corrected chi connectivity index (χ2v) is 10.3. The van der Waals surface area contributed by atoms with Crippen LogP contribution in [0.2, 0.25) is 0 Å². The van der Waals surface area contributed by atoms with Crippen LogP contribution in [0.4, 0.5) is 5.69 Å². The van der Waals surface area contributed by atoms with Crippen LogP contribution in [0.15, 0.2) is 97.2 Å². The summed E-state index contributed by atoms with van der Waals surface area (Å²) in [6, 6.07) is 30.1. The lowest BCUT2D eigenvalue weighted by Gasteiger charge is -2.39. The molecular weight excluding hydrogens is 470 g/mol. The highest BCUT2D eigenvalue weighted by atomic mass is 16.2. The number of para-hydroxylation sites is 2. The number of hydrogen-bond acceptors (Lipinski definition) is 2. The van der Waals surface area contributed by atoms with E-state index in [1.54, 1.807) is 4.90 Å². The second-order valence-electron chi connectivity index (χ2n) is 10.3. The molecule has 1 aliphatic heterocycles. The first-order valence-electron chi connectivity index (χ1n) is 13.7. The molecule has 0 N–H and O–H groups in total. The largest absolute Gasteiger partial charge is 0.326 e. The lowest BCUT2D eigenvalue weighted by Crippen LogP contribution is -2.47. The number of fused-ring (bicyclic) bond motifs is 3. The van der Waals surface area contributed by atoms with E-state index in [1.807, 2.05) is 65.6 Å². The molecule has 1 fully saturated rings. The van der Waals surface area contributed by atoms with Crippen LogP contribution in [0.25, 0.3) is 5.69 Å². The maximum Gasteiger partial charge on any atom is 0.254 e. The molecule has 0 radical (unpaired) electrons. The molecule has 6 rings (SSSR count). The van der Waals surface area contributed by atoms with Crippen molar-refractivity contribution in [3.63, 3.8) is 0 Å². The van der Waals surface area contributed by atoms with Gasteiger partial charge >= 0.3 is 0 Å². The predicted molar refractivity (Wildman–Crippen MR) is 151 cm³/mol. The molecule has 2 heterocycles. The number of carbonyl (C=O) groups excluding carboxylic acids is 2. The highest BCUT2D eigenvalue weighted by Crippen LogP contribution is 2.42. The molecule has 3 aromatic carbocycles. The molecule has 192 valence electrons. The van der Waals surface area contributed by atoms with E-state index in [0.29, 0.717) is 5.56 Å². The van der Waals surface area contributed by atoms with Gasteiger partial charge in [0, 0.05) is 17.8 Å². The zero-order valence-corrected chi connectivity index (χ0v) is 21.8. The van der Waals surface area contributed by atoms with Gasteiger partial charge in [-0.2, -0.15) is 0 Å². The SMILES string of the molecule is CCCCc1ccc(C(=O)N(CC(=O)N2c3ccccc3-n3cccc3[C@@H]2c2ccccc2)C2CC2)cc1. The van der Waals surface area contributed by atoms with Crippen molar-refractivity contribution in [3.05, 3.63) is 120 Å². The van der Waals surface area contributed by atoms with Crippen LogP contribution in [0.5, 0.6) is 0 Å². The highest BCUT2D eigenvalue weighted by Gasteiger charge is 2.40. The van der Waals surface area contributed by atoms with Crippen molar-refractivity contribution >= 4 is 17.5 Å². The monoisotopic (exact) mass is 503 g/mol. The standard InChI is InChI=1S/C33H33N3O2/c1-2-3-10-24-16-18-26(19-17-24)33(38)35(27-20-21-27)23-31(37)36-29-14-8-7-13-28(29)34-22-9-15-30(34)32(36)25-11-5-4-6-12-25/h4-9,11-19,22,27,32H,2-3,10,20-21,23H2,1H3/t32-/m0/s1. The molecule has 1 aliphatic carbocycles. The Bertz CT molecular complexity index is 1440. The molecular formula is C33H33N3O2. The molecule has 1 aromatic heterocycles. The third-order valence-electron chi connectivity index (χ3n) is 7.68. The predicted octanol–water partition coefficient (Wildman–Crippen LogP) is 6.56. The normalized spacial score (nSPS) is 16.0. The lowest BCUT2D eigenvalue weighted by atomic mass is 9.97. The summed E-state index contributed by atoms with van der Waals surface area (Å²) in [5, 5.41) is 0. The van der Waals surface area contributed by atoms with Gasteiger partial charge in [-0.1, -0.05) is 67.9 Å². The minimum atomic E-state index is -0.275. The van der Waals surface area contributed by atoms with Gasteiger partial charge in [-0.15, -0.1) is 0 Å². The minimum Gasteiger partial charge on any atom is -0.326 e. The summed E-state index contributed by atoms with van der Waals surface area (Å²) in [5.41, 5.74) is 5.81. The number of carbonyl (C=O) groups is 2. The number of anilines is 1. The average Bonchev–Trinajstić information content (AvgIpc) is 3.69. The van der Waals surface area contributed by atoms with Gasteiger partial charge in [-0.3, -0.25) is 14.5 Å². The summed E-state index contributed by atoms with van der Waals surface area (Å²) in [6.07, 6.45) is 7.24. The van der Waals surface area contributed by atoms with Gasteiger partial charge < -0.3 is 9.47 Å². The van der Waals surface area contributed by atoms with Gasteiger partial charge in [-0.25, -0.2) is 0 Å². The molecule has 1 saturated carbocycles. The van der Waals surface area contributed by atoms with E-state index >= 15 is 0 Å². The van der Waals surface area contributed by atoms with Crippen molar-refractivity contribution in [1.82, 2.24) is 9.47 Å². The van der Waals surface area contributed by atoms with Crippen LogP contribution in [0, 0.1) is 0 Å². The number of nitrogens with zero attached hydrogens (tertiary/aromatic N) is 3. The second kappa shape index (κ2) is 10.3. The van der Waals surface area contributed by atoms with Crippen LogP contribution in [-0.2, 0) is 11.2 Å². The Kier molecular flexibility index (Phi) is 6.59. The van der Waals surface area contributed by atoms with Crippen LogP contribution in [0.1, 0.15) is 65.8 Å². The number of hydrogen-bond donors (Lipinski definition) is 0. The van der Waals surface area contributed by atoms with Crippen molar-refractivity contribution in [2.45, 2.75) is 51.1 Å². The molecule has 5 heteroatoms. The summed E-state index contributed by atoms with van der Waals surface area (Å²) in [4.78, 5) is 31.6. The summed E-state index contributed by atoms with van der Waals surface area (Å²) in [5.74, 6) is -0.133. The molecule has 2 amide bonds. The van der Waals surface area contributed by atoms with E-state index in [9.17, 15) is 9.59 Å². The molecule has 0 unspecified atom stereocenters. The molecule has 0 bridgehead atoms. The van der Waals surface area contributed by atoms with E-state index in [-0.39, 0.29) is 30.4 Å². The molecule has 4 aromatic rings. The topological polar surface area (TPSA) is 45.6 Å². The fourth-order valence-electron chi connectivity index (χ4n) is 5.55. The first-order valence-corrected chi connectivity index (χ1v) is 13.7. The quantitative estimate of drug-likeness (QED) is 0.273. The van der Waals surface area contributed by atoms with E-state index < -0.39 is 0 Å². The van der Waals surface area contributed by atoms with Gasteiger partial charge in [0.15, 0.2) is 0 Å². The fourth-order valence-corrected chi connectivity index (χ4v) is 5.55. The van der Waals surface area contributed by atoms with Gasteiger partial charge in [0.1, 0.15) is 12.6 Å². The fraction of sp³-hybridized carbons (Fsp3) is 0.273.